The van der Waals surface area contributed by atoms with E-state index in [0.29, 0.717) is 22.5 Å². The summed E-state index contributed by atoms with van der Waals surface area (Å²) in [5, 5.41) is 6.55. The Morgan fingerprint density at radius 2 is 2.12 bits per heavy atom. The predicted molar refractivity (Wildman–Crippen MR) is 68.5 cm³/mol. The van der Waals surface area contributed by atoms with Gasteiger partial charge >= 0.3 is 0 Å². The van der Waals surface area contributed by atoms with E-state index in [9.17, 15) is 4.79 Å². The normalized spacial score (nSPS) is 21.5. The Balaban J connectivity index is 2.26. The van der Waals surface area contributed by atoms with E-state index in [2.05, 4.69) is 15.6 Å². The maximum atomic E-state index is 11.7. The Kier molecular flexibility index (Phi) is 3.54. The molecule has 1 atom stereocenters. The molecule has 0 saturated carbocycles. The van der Waals surface area contributed by atoms with Crippen molar-refractivity contribution in [1.29, 1.82) is 0 Å². The highest BCUT2D eigenvalue weighted by atomic mass is 35.5. The maximum absolute atomic E-state index is 11.7. The van der Waals surface area contributed by atoms with Gasteiger partial charge in [-0.3, -0.25) is 15.1 Å². The van der Waals surface area contributed by atoms with Crippen LogP contribution in [0, 0.1) is 0 Å². The van der Waals surface area contributed by atoms with Crippen molar-refractivity contribution in [2.75, 3.05) is 6.54 Å². The van der Waals surface area contributed by atoms with E-state index >= 15 is 0 Å². The topological polar surface area (TPSA) is 53.5 Å². The van der Waals surface area contributed by atoms with E-state index in [4.69, 9.17) is 23.2 Å². The second kappa shape index (κ2) is 4.94. The molecule has 0 spiro atoms. The molecule has 0 bridgehead atoms. The summed E-state index contributed by atoms with van der Waals surface area (Å²) in [6, 6.07) is 4.65. The first-order valence-corrected chi connectivity index (χ1v) is 5.94. The number of nitrogens with zero attached hydrogens (tertiary/aromatic N) is 1. The Morgan fingerprint density at radius 3 is 2.76 bits per heavy atom. The largest absolute Gasteiger partial charge is 0.340 e. The van der Waals surface area contributed by atoms with Crippen LogP contribution in [-0.4, -0.2) is 18.4 Å². The molecule has 1 heterocycles. The molecule has 1 aliphatic rings. The summed E-state index contributed by atoms with van der Waals surface area (Å²) in [5.74, 6) is 0.351. The minimum atomic E-state index is -0.463. The summed E-state index contributed by atoms with van der Waals surface area (Å²) in [6.07, 6.45) is 0. The molecule has 1 amide bonds. The third-order valence-electron chi connectivity index (χ3n) is 2.38. The first-order chi connectivity index (χ1) is 8.11. The Hall–Kier alpha value is -1.26. The fourth-order valence-electron chi connectivity index (χ4n) is 1.60. The molecule has 90 valence electrons. The molecule has 1 unspecified atom stereocenters. The fourth-order valence-corrected chi connectivity index (χ4v) is 1.90. The number of benzene rings is 1. The molecule has 2 N–H and O–H groups in total. The molecule has 4 nitrogen and oxygen atoms in total. The SMILES string of the molecule is CCN=C1NC(=O)C(c2ccc(Cl)c(Cl)c2)N1. The van der Waals surface area contributed by atoms with Crippen LogP contribution in [0.2, 0.25) is 10.0 Å². The Labute approximate surface area is 109 Å². The highest BCUT2D eigenvalue weighted by Gasteiger charge is 2.29. The molecule has 1 aromatic carbocycles. The third-order valence-corrected chi connectivity index (χ3v) is 3.12. The van der Waals surface area contributed by atoms with Gasteiger partial charge in [0.2, 0.25) is 0 Å². The van der Waals surface area contributed by atoms with Gasteiger partial charge in [-0.25, -0.2) is 0 Å². The number of carbonyl (C=O) groups is 1. The second-order valence-electron chi connectivity index (χ2n) is 3.56. The lowest BCUT2D eigenvalue weighted by Gasteiger charge is -2.08. The van der Waals surface area contributed by atoms with Crippen LogP contribution in [-0.2, 0) is 4.79 Å². The summed E-state index contributed by atoms with van der Waals surface area (Å²) < 4.78 is 0. The number of guanidine groups is 1. The molecule has 0 aliphatic carbocycles. The van der Waals surface area contributed by atoms with E-state index in [0.717, 1.165) is 5.56 Å². The predicted octanol–water partition coefficient (Wildman–Crippen LogP) is 2.13. The average Bonchev–Trinajstić information content (AvgIpc) is 2.64. The van der Waals surface area contributed by atoms with Gasteiger partial charge in [0.05, 0.1) is 10.0 Å². The van der Waals surface area contributed by atoms with Crippen LogP contribution in [0.3, 0.4) is 0 Å². The molecule has 0 radical (unpaired) electrons. The minimum Gasteiger partial charge on any atom is -0.340 e. The number of carbonyl (C=O) groups excluding carboxylic acids is 1. The van der Waals surface area contributed by atoms with Crippen molar-refractivity contribution in [3.63, 3.8) is 0 Å². The van der Waals surface area contributed by atoms with Crippen molar-refractivity contribution in [1.82, 2.24) is 10.6 Å². The van der Waals surface area contributed by atoms with E-state index in [-0.39, 0.29) is 5.91 Å². The van der Waals surface area contributed by atoms with Crippen LogP contribution in [0.15, 0.2) is 23.2 Å². The van der Waals surface area contributed by atoms with Crippen LogP contribution < -0.4 is 10.6 Å². The van der Waals surface area contributed by atoms with Crippen molar-refractivity contribution < 1.29 is 4.79 Å². The molecule has 2 rings (SSSR count). The highest BCUT2D eigenvalue weighted by molar-refractivity contribution is 6.42. The van der Waals surface area contributed by atoms with Gasteiger partial charge in [0.25, 0.3) is 5.91 Å². The fraction of sp³-hybridized carbons (Fsp3) is 0.273. The third kappa shape index (κ3) is 2.53. The zero-order valence-corrected chi connectivity index (χ0v) is 10.6. The summed E-state index contributed by atoms with van der Waals surface area (Å²) >= 11 is 11.7. The average molecular weight is 272 g/mol. The van der Waals surface area contributed by atoms with Gasteiger partial charge in [0.15, 0.2) is 5.96 Å². The molecule has 1 saturated heterocycles. The molecule has 17 heavy (non-hydrogen) atoms. The number of aliphatic imine (C=N–C) groups is 1. The van der Waals surface area contributed by atoms with Crippen LogP contribution in [0.25, 0.3) is 0 Å². The van der Waals surface area contributed by atoms with E-state index in [1.165, 1.54) is 0 Å². The Bertz CT molecular complexity index is 488. The van der Waals surface area contributed by atoms with Crippen molar-refractivity contribution in [2.24, 2.45) is 4.99 Å². The van der Waals surface area contributed by atoms with Crippen molar-refractivity contribution >= 4 is 35.1 Å². The first kappa shape index (κ1) is 12.2. The quantitative estimate of drug-likeness (QED) is 0.866. The number of amides is 1. The Morgan fingerprint density at radius 1 is 1.35 bits per heavy atom. The smallest absolute Gasteiger partial charge is 0.253 e. The molecule has 1 fully saturated rings. The summed E-state index contributed by atoms with van der Waals surface area (Å²) in [5.41, 5.74) is 0.762. The summed E-state index contributed by atoms with van der Waals surface area (Å²) in [7, 11) is 0. The highest BCUT2D eigenvalue weighted by Crippen LogP contribution is 2.26. The lowest BCUT2D eigenvalue weighted by molar-refractivity contribution is -0.120. The lowest BCUT2D eigenvalue weighted by atomic mass is 10.1. The van der Waals surface area contributed by atoms with Crippen LogP contribution in [0.5, 0.6) is 0 Å². The zero-order valence-electron chi connectivity index (χ0n) is 9.13. The van der Waals surface area contributed by atoms with Crippen molar-refractivity contribution in [3.05, 3.63) is 33.8 Å². The zero-order chi connectivity index (χ0) is 12.4. The standard InChI is InChI=1S/C11H11Cl2N3O/c1-2-14-11-15-9(10(17)16-11)6-3-4-7(12)8(13)5-6/h3-5,9H,2H2,1H3,(H2,14,15,16,17). The number of hydrogen-bond acceptors (Lipinski definition) is 2. The minimum absolute atomic E-state index is 0.143. The van der Waals surface area contributed by atoms with Gasteiger partial charge < -0.3 is 5.32 Å². The van der Waals surface area contributed by atoms with Gasteiger partial charge in [-0.05, 0) is 24.6 Å². The van der Waals surface area contributed by atoms with Gasteiger partial charge in [-0.2, -0.15) is 0 Å². The maximum Gasteiger partial charge on any atom is 0.253 e. The van der Waals surface area contributed by atoms with E-state index < -0.39 is 6.04 Å². The lowest BCUT2D eigenvalue weighted by Crippen LogP contribution is -2.25. The van der Waals surface area contributed by atoms with Crippen LogP contribution in [0.4, 0.5) is 0 Å². The number of nitrogens with one attached hydrogen (secondary N) is 2. The van der Waals surface area contributed by atoms with Crippen molar-refractivity contribution in [3.8, 4) is 0 Å². The number of hydrogen-bond donors (Lipinski definition) is 2. The summed E-state index contributed by atoms with van der Waals surface area (Å²) in [6.45, 7) is 2.50. The molecule has 6 heteroatoms. The molecule has 0 aromatic heterocycles. The first-order valence-electron chi connectivity index (χ1n) is 5.18. The van der Waals surface area contributed by atoms with Gasteiger partial charge in [-0.15, -0.1) is 0 Å². The summed E-state index contributed by atoms with van der Waals surface area (Å²) in [4.78, 5) is 15.8. The van der Waals surface area contributed by atoms with Crippen LogP contribution >= 0.6 is 23.2 Å². The van der Waals surface area contributed by atoms with Gasteiger partial charge in [0, 0.05) is 6.54 Å². The van der Waals surface area contributed by atoms with Crippen molar-refractivity contribution in [2.45, 2.75) is 13.0 Å². The second-order valence-corrected chi connectivity index (χ2v) is 4.38. The number of rotatable bonds is 2. The molecule has 1 aromatic rings. The van der Waals surface area contributed by atoms with E-state index in [1.807, 2.05) is 6.92 Å². The molecule has 1 aliphatic heterocycles. The van der Waals surface area contributed by atoms with E-state index in [1.54, 1.807) is 18.2 Å². The molecular formula is C11H11Cl2N3O. The number of halogens is 2. The monoisotopic (exact) mass is 271 g/mol. The van der Waals surface area contributed by atoms with Crippen LogP contribution in [0.1, 0.15) is 18.5 Å². The molecular weight excluding hydrogens is 261 g/mol. The van der Waals surface area contributed by atoms with Gasteiger partial charge in [-0.1, -0.05) is 29.3 Å². The van der Waals surface area contributed by atoms with Gasteiger partial charge in [0.1, 0.15) is 6.04 Å².